The van der Waals surface area contributed by atoms with E-state index >= 15 is 0 Å². The molecular weight excluding hydrogens is 414 g/mol. The average molecular weight is 438 g/mol. The SMILES string of the molecule is Cc1noc(C)c1-c1cnc2c(-c3ccc(O)nc3)cn(CC3CCC(F)(F)CC3)c2c1. The van der Waals surface area contributed by atoms with Crippen molar-refractivity contribution in [2.45, 2.75) is 52.0 Å². The Hall–Kier alpha value is -3.29. The molecule has 1 aliphatic carbocycles. The normalized spacial score (nSPS) is 16.6. The summed E-state index contributed by atoms with van der Waals surface area (Å²) in [7, 11) is 0. The topological polar surface area (TPSA) is 77.0 Å². The molecule has 0 unspecified atom stereocenters. The van der Waals surface area contributed by atoms with Gasteiger partial charge in [-0.2, -0.15) is 0 Å². The molecule has 1 N–H and O–H groups in total. The zero-order chi connectivity index (χ0) is 22.5. The molecule has 5 rings (SSSR count). The van der Waals surface area contributed by atoms with Gasteiger partial charge in [0.05, 0.1) is 16.7 Å². The predicted octanol–water partition coefficient (Wildman–Crippen LogP) is 5.90. The molecule has 4 aromatic heterocycles. The van der Waals surface area contributed by atoms with E-state index in [2.05, 4.69) is 20.8 Å². The van der Waals surface area contributed by atoms with Gasteiger partial charge in [-0.1, -0.05) is 5.16 Å². The van der Waals surface area contributed by atoms with Crippen molar-refractivity contribution in [3.63, 3.8) is 0 Å². The van der Waals surface area contributed by atoms with Gasteiger partial charge in [-0.15, -0.1) is 0 Å². The number of hydrogen-bond acceptors (Lipinski definition) is 5. The molecular formula is C24H24F2N4O2. The molecule has 0 spiro atoms. The summed E-state index contributed by atoms with van der Waals surface area (Å²) in [5.74, 6) is -1.69. The lowest BCUT2D eigenvalue weighted by molar-refractivity contribution is -0.0472. The quantitative estimate of drug-likeness (QED) is 0.429. The molecule has 0 aliphatic heterocycles. The van der Waals surface area contributed by atoms with Gasteiger partial charge in [0.15, 0.2) is 0 Å². The van der Waals surface area contributed by atoms with Gasteiger partial charge in [-0.3, -0.25) is 4.98 Å². The molecule has 4 heterocycles. The number of alkyl halides is 2. The highest BCUT2D eigenvalue weighted by molar-refractivity contribution is 5.94. The van der Waals surface area contributed by atoms with Gasteiger partial charge in [-0.25, -0.2) is 13.8 Å². The molecule has 4 aromatic rings. The van der Waals surface area contributed by atoms with Crippen LogP contribution in [0.3, 0.4) is 0 Å². The fourth-order valence-corrected chi connectivity index (χ4v) is 4.67. The van der Waals surface area contributed by atoms with E-state index in [1.54, 1.807) is 24.5 Å². The summed E-state index contributed by atoms with van der Waals surface area (Å²) >= 11 is 0. The maximum atomic E-state index is 13.7. The first-order chi connectivity index (χ1) is 15.3. The van der Waals surface area contributed by atoms with E-state index in [0.717, 1.165) is 44.7 Å². The number of rotatable bonds is 4. The molecule has 0 saturated heterocycles. The third kappa shape index (κ3) is 3.74. The van der Waals surface area contributed by atoms with E-state index in [1.807, 2.05) is 20.0 Å². The van der Waals surface area contributed by atoms with Crippen molar-refractivity contribution < 1.29 is 18.4 Å². The molecule has 0 bridgehead atoms. The van der Waals surface area contributed by atoms with E-state index < -0.39 is 5.92 Å². The van der Waals surface area contributed by atoms with Crippen molar-refractivity contribution >= 4 is 11.0 Å². The van der Waals surface area contributed by atoms with Crippen LogP contribution in [0.25, 0.3) is 33.3 Å². The number of halogens is 2. The maximum absolute atomic E-state index is 13.7. The summed E-state index contributed by atoms with van der Waals surface area (Å²) in [6.07, 6.45) is 6.30. The van der Waals surface area contributed by atoms with E-state index in [-0.39, 0.29) is 24.6 Å². The summed E-state index contributed by atoms with van der Waals surface area (Å²) in [4.78, 5) is 8.75. The summed E-state index contributed by atoms with van der Waals surface area (Å²) in [6, 6.07) is 5.40. The van der Waals surface area contributed by atoms with E-state index in [4.69, 9.17) is 9.51 Å². The van der Waals surface area contributed by atoms with Gasteiger partial charge in [0.2, 0.25) is 11.8 Å². The molecule has 8 heteroatoms. The Labute approximate surface area is 183 Å². The van der Waals surface area contributed by atoms with Crippen molar-refractivity contribution in [1.82, 2.24) is 19.7 Å². The Morgan fingerprint density at radius 3 is 2.53 bits per heavy atom. The molecule has 0 atom stereocenters. The molecule has 32 heavy (non-hydrogen) atoms. The lowest BCUT2D eigenvalue weighted by Gasteiger charge is -2.28. The monoisotopic (exact) mass is 438 g/mol. The molecule has 0 amide bonds. The Morgan fingerprint density at radius 2 is 1.88 bits per heavy atom. The first kappa shape index (κ1) is 20.6. The van der Waals surface area contributed by atoms with Crippen LogP contribution in [-0.2, 0) is 6.54 Å². The minimum Gasteiger partial charge on any atom is -0.493 e. The Balaban J connectivity index is 1.60. The van der Waals surface area contributed by atoms with Gasteiger partial charge in [-0.05, 0) is 44.7 Å². The molecule has 6 nitrogen and oxygen atoms in total. The zero-order valence-electron chi connectivity index (χ0n) is 18.0. The highest BCUT2D eigenvalue weighted by Gasteiger charge is 2.35. The van der Waals surface area contributed by atoms with Crippen molar-refractivity contribution in [3.8, 4) is 28.1 Å². The summed E-state index contributed by atoms with van der Waals surface area (Å²) in [5.41, 5.74) is 6.05. The second-order valence-electron chi connectivity index (χ2n) is 8.69. The number of fused-ring (bicyclic) bond motifs is 1. The zero-order valence-corrected chi connectivity index (χ0v) is 18.0. The predicted molar refractivity (Wildman–Crippen MR) is 117 cm³/mol. The van der Waals surface area contributed by atoms with Crippen LogP contribution in [0, 0.1) is 19.8 Å². The first-order valence-electron chi connectivity index (χ1n) is 10.8. The van der Waals surface area contributed by atoms with Crippen LogP contribution in [-0.4, -0.2) is 30.7 Å². The Bertz CT molecular complexity index is 1250. The number of aryl methyl sites for hydroxylation is 2. The number of pyridine rings is 2. The standard InChI is InChI=1S/C24H24F2N4O2/c1-14-22(15(2)32-29-14)18-9-20-23(28-11-18)19(17-3-4-21(31)27-10-17)13-30(20)12-16-5-7-24(25,26)8-6-16/h3-4,9-11,13,16H,5-8,12H2,1-2H3,(H,27,31). The summed E-state index contributed by atoms with van der Waals surface area (Å²) in [5, 5.41) is 13.6. The van der Waals surface area contributed by atoms with Crippen LogP contribution in [0.4, 0.5) is 8.78 Å². The Morgan fingerprint density at radius 1 is 1.12 bits per heavy atom. The van der Waals surface area contributed by atoms with Crippen LogP contribution in [0.15, 0.2) is 41.3 Å². The summed E-state index contributed by atoms with van der Waals surface area (Å²) < 4.78 is 34.8. The van der Waals surface area contributed by atoms with Gasteiger partial charge in [0, 0.05) is 66.3 Å². The number of hydrogen-bond donors (Lipinski definition) is 1. The fraction of sp³-hybridized carbons (Fsp3) is 0.375. The minimum absolute atomic E-state index is 0.0470. The average Bonchev–Trinajstić information content (AvgIpc) is 3.29. The second kappa shape index (κ2) is 7.69. The largest absolute Gasteiger partial charge is 0.493 e. The van der Waals surface area contributed by atoms with E-state index in [9.17, 15) is 13.9 Å². The van der Waals surface area contributed by atoms with Crippen molar-refractivity contribution in [2.75, 3.05) is 0 Å². The smallest absolute Gasteiger partial charge is 0.248 e. The van der Waals surface area contributed by atoms with Gasteiger partial charge in [0.25, 0.3) is 0 Å². The van der Waals surface area contributed by atoms with Crippen molar-refractivity contribution in [3.05, 3.63) is 48.2 Å². The molecule has 166 valence electrons. The molecule has 1 saturated carbocycles. The van der Waals surface area contributed by atoms with E-state index in [0.29, 0.717) is 19.4 Å². The van der Waals surface area contributed by atoms with Crippen LogP contribution < -0.4 is 0 Å². The van der Waals surface area contributed by atoms with Gasteiger partial charge in [0.1, 0.15) is 5.76 Å². The van der Waals surface area contributed by atoms with Crippen molar-refractivity contribution in [1.29, 1.82) is 0 Å². The van der Waals surface area contributed by atoms with E-state index in [1.165, 1.54) is 0 Å². The molecule has 1 aliphatic rings. The molecule has 0 radical (unpaired) electrons. The van der Waals surface area contributed by atoms with Crippen LogP contribution >= 0.6 is 0 Å². The molecule has 1 fully saturated rings. The highest BCUT2D eigenvalue weighted by atomic mass is 19.3. The van der Waals surface area contributed by atoms with Crippen LogP contribution in [0.1, 0.15) is 37.1 Å². The number of aromatic hydroxyl groups is 1. The minimum atomic E-state index is -2.55. The third-order valence-electron chi connectivity index (χ3n) is 6.39. The van der Waals surface area contributed by atoms with Gasteiger partial charge >= 0.3 is 0 Å². The Kier molecular flexibility index (Phi) is 4.95. The highest BCUT2D eigenvalue weighted by Crippen LogP contribution is 2.39. The fourth-order valence-electron chi connectivity index (χ4n) is 4.67. The van der Waals surface area contributed by atoms with Crippen LogP contribution in [0.2, 0.25) is 0 Å². The van der Waals surface area contributed by atoms with Crippen molar-refractivity contribution in [2.24, 2.45) is 5.92 Å². The number of nitrogens with zero attached hydrogens (tertiary/aromatic N) is 4. The van der Waals surface area contributed by atoms with Gasteiger partial charge < -0.3 is 14.2 Å². The third-order valence-corrected chi connectivity index (χ3v) is 6.39. The summed E-state index contributed by atoms with van der Waals surface area (Å²) in [6.45, 7) is 4.41. The first-order valence-corrected chi connectivity index (χ1v) is 10.8. The maximum Gasteiger partial charge on any atom is 0.248 e. The lowest BCUT2D eigenvalue weighted by atomic mass is 9.87. The second-order valence-corrected chi connectivity index (χ2v) is 8.69. The van der Waals surface area contributed by atoms with Crippen LogP contribution in [0.5, 0.6) is 5.88 Å². The molecule has 0 aromatic carbocycles. The number of aromatic nitrogens is 4. The lowest BCUT2D eigenvalue weighted by Crippen LogP contribution is -2.26.